The summed E-state index contributed by atoms with van der Waals surface area (Å²) < 4.78 is 17.8. The van der Waals surface area contributed by atoms with E-state index in [0.29, 0.717) is 22.8 Å². The molecule has 2 atom stereocenters. The van der Waals surface area contributed by atoms with Gasteiger partial charge >= 0.3 is 13.6 Å². The third-order valence-electron chi connectivity index (χ3n) is 4.48. The number of hydrogen-bond acceptors (Lipinski definition) is 3. The summed E-state index contributed by atoms with van der Waals surface area (Å²) in [7, 11) is -3.89. The maximum absolute atomic E-state index is 12.5. The third kappa shape index (κ3) is 3.65. The summed E-state index contributed by atoms with van der Waals surface area (Å²) in [5.41, 5.74) is 0.650. The minimum Gasteiger partial charge on any atom is -0.478 e. The lowest BCUT2D eigenvalue weighted by Gasteiger charge is -2.18. The average Bonchev–Trinajstić information content (AvgIpc) is 2.58. The van der Waals surface area contributed by atoms with Crippen molar-refractivity contribution in [1.82, 2.24) is 0 Å². The molecule has 0 fully saturated rings. The van der Waals surface area contributed by atoms with Crippen LogP contribution in [0.5, 0.6) is 0 Å². The summed E-state index contributed by atoms with van der Waals surface area (Å²) in [4.78, 5) is 22.3. The van der Waals surface area contributed by atoms with E-state index in [4.69, 9.17) is 4.52 Å². The zero-order valence-electron chi connectivity index (χ0n) is 14.7. The number of fused-ring (bicyclic) bond motifs is 2. The van der Waals surface area contributed by atoms with Gasteiger partial charge in [-0.1, -0.05) is 49.4 Å². The van der Waals surface area contributed by atoms with Crippen LogP contribution in [0, 0.1) is 0 Å². The highest BCUT2D eigenvalue weighted by atomic mass is 31.2. The Kier molecular flexibility index (Phi) is 5.15. The van der Waals surface area contributed by atoms with E-state index >= 15 is 0 Å². The predicted molar refractivity (Wildman–Crippen MR) is 103 cm³/mol. The van der Waals surface area contributed by atoms with Crippen molar-refractivity contribution in [1.29, 1.82) is 0 Å². The molecule has 0 heterocycles. The molecule has 3 aromatic rings. The lowest BCUT2D eigenvalue weighted by Crippen LogP contribution is -2.07. The number of benzene rings is 3. The number of aromatic carboxylic acids is 1. The van der Waals surface area contributed by atoms with E-state index in [0.717, 1.165) is 10.8 Å². The fourth-order valence-corrected chi connectivity index (χ4v) is 4.64. The molecule has 6 heteroatoms. The van der Waals surface area contributed by atoms with Gasteiger partial charge in [0.15, 0.2) is 0 Å². The maximum atomic E-state index is 12.5. The number of carboxylic acid groups (broad SMARTS) is 1. The second kappa shape index (κ2) is 7.20. The molecule has 2 N–H and O–H groups in total. The van der Waals surface area contributed by atoms with Gasteiger partial charge in [0.2, 0.25) is 0 Å². The van der Waals surface area contributed by atoms with Crippen LogP contribution >= 0.6 is 7.60 Å². The molecule has 0 spiro atoms. The summed E-state index contributed by atoms with van der Waals surface area (Å²) in [5.74, 6) is -1.06. The van der Waals surface area contributed by atoms with Gasteiger partial charge in [-0.05, 0) is 41.1 Å². The van der Waals surface area contributed by atoms with Gasteiger partial charge in [-0.25, -0.2) is 4.79 Å². The summed E-state index contributed by atoms with van der Waals surface area (Å²) >= 11 is 0. The van der Waals surface area contributed by atoms with Crippen LogP contribution in [0.15, 0.2) is 48.5 Å². The highest BCUT2D eigenvalue weighted by Gasteiger charge is 2.26. The molecule has 0 saturated heterocycles. The van der Waals surface area contributed by atoms with Crippen molar-refractivity contribution in [3.63, 3.8) is 0 Å². The second-order valence-corrected chi connectivity index (χ2v) is 8.21. The average molecular weight is 372 g/mol. The number of carbonyl (C=O) groups is 1. The Balaban J connectivity index is 2.22. The number of hydrogen-bond donors (Lipinski definition) is 2. The molecule has 0 radical (unpaired) electrons. The van der Waals surface area contributed by atoms with Crippen molar-refractivity contribution >= 4 is 35.1 Å². The minimum atomic E-state index is -3.89. The van der Waals surface area contributed by atoms with Crippen molar-refractivity contribution in [3.8, 4) is 0 Å². The van der Waals surface area contributed by atoms with Crippen LogP contribution in [0.4, 0.5) is 0 Å². The molecule has 0 aromatic heterocycles. The van der Waals surface area contributed by atoms with Gasteiger partial charge in [0, 0.05) is 5.39 Å². The predicted octanol–water partition coefficient (Wildman–Crippen LogP) is 5.19. The van der Waals surface area contributed by atoms with E-state index in [2.05, 4.69) is 0 Å². The smallest absolute Gasteiger partial charge is 0.336 e. The Morgan fingerprint density at radius 1 is 1.15 bits per heavy atom. The quantitative estimate of drug-likeness (QED) is 0.459. The molecule has 5 nitrogen and oxygen atoms in total. The van der Waals surface area contributed by atoms with Gasteiger partial charge < -0.3 is 14.5 Å². The fourth-order valence-electron chi connectivity index (χ4n) is 3.16. The number of carboxylic acids is 1. The molecule has 0 saturated carbocycles. The first-order chi connectivity index (χ1) is 12.3. The Morgan fingerprint density at radius 2 is 1.85 bits per heavy atom. The van der Waals surface area contributed by atoms with Crippen LogP contribution in [0.1, 0.15) is 36.2 Å². The molecule has 0 aliphatic rings. The Bertz CT molecular complexity index is 1030. The Morgan fingerprint density at radius 3 is 2.54 bits per heavy atom. The zero-order chi connectivity index (χ0) is 18.9. The van der Waals surface area contributed by atoms with Crippen LogP contribution in [0.25, 0.3) is 21.5 Å². The van der Waals surface area contributed by atoms with Crippen LogP contribution in [0.3, 0.4) is 0 Å². The first-order valence-corrected chi connectivity index (χ1v) is 10.3. The lowest BCUT2D eigenvalue weighted by molar-refractivity contribution is 0.0701. The summed E-state index contributed by atoms with van der Waals surface area (Å²) in [6, 6.07) is 14.4. The summed E-state index contributed by atoms with van der Waals surface area (Å²) in [6.45, 7) is 3.61. The molecule has 2 unspecified atom stereocenters. The topological polar surface area (TPSA) is 83.8 Å². The molecular weight excluding hydrogens is 351 g/mol. The van der Waals surface area contributed by atoms with E-state index in [1.165, 1.54) is 0 Å². The molecule has 0 bridgehead atoms. The largest absolute Gasteiger partial charge is 0.478 e. The van der Waals surface area contributed by atoms with E-state index in [1.807, 2.05) is 31.2 Å². The molecule has 26 heavy (non-hydrogen) atoms. The molecule has 3 aromatic carbocycles. The van der Waals surface area contributed by atoms with Crippen LogP contribution in [-0.4, -0.2) is 22.1 Å². The first-order valence-electron chi connectivity index (χ1n) is 8.49. The van der Waals surface area contributed by atoms with Crippen molar-refractivity contribution < 1.29 is 23.9 Å². The van der Waals surface area contributed by atoms with Crippen LogP contribution in [-0.2, 0) is 15.3 Å². The van der Waals surface area contributed by atoms with Crippen LogP contribution in [0.2, 0.25) is 0 Å². The molecular formula is C20H21O5P. The van der Waals surface area contributed by atoms with Gasteiger partial charge in [0.05, 0.1) is 17.8 Å². The fraction of sp³-hybridized carbons (Fsp3) is 0.250. The zero-order valence-corrected chi connectivity index (χ0v) is 15.6. The Labute approximate surface area is 151 Å². The van der Waals surface area contributed by atoms with Crippen LogP contribution < -0.4 is 0 Å². The number of rotatable bonds is 6. The lowest BCUT2D eigenvalue weighted by atomic mass is 9.94. The van der Waals surface area contributed by atoms with E-state index in [9.17, 15) is 19.4 Å². The molecule has 3 rings (SSSR count). The third-order valence-corrected chi connectivity index (χ3v) is 5.91. The minimum absolute atomic E-state index is 0.150. The van der Waals surface area contributed by atoms with Gasteiger partial charge in [-0.3, -0.25) is 4.57 Å². The Hall–Kier alpha value is -2.20. The molecule has 0 aliphatic heterocycles. The highest BCUT2D eigenvalue weighted by molar-refractivity contribution is 7.52. The standard InChI is InChI=1S/C20H21O5P/c1-3-13(2)25-26(23,24)12-16-9-6-8-15-11-14-7-4-5-10-17(14)19(18(15)16)20(21)22/h4-11,13H,3,12H2,1-2H3,(H,21,22)(H,23,24). The van der Waals surface area contributed by atoms with Crippen molar-refractivity contribution in [2.75, 3.05) is 0 Å². The van der Waals surface area contributed by atoms with Gasteiger partial charge in [-0.2, -0.15) is 0 Å². The first kappa shape index (κ1) is 18.6. The van der Waals surface area contributed by atoms with E-state index in [1.54, 1.807) is 31.2 Å². The van der Waals surface area contributed by atoms with E-state index in [-0.39, 0.29) is 17.8 Å². The molecule has 0 amide bonds. The van der Waals surface area contributed by atoms with E-state index < -0.39 is 13.6 Å². The molecule has 0 aliphatic carbocycles. The van der Waals surface area contributed by atoms with Crippen molar-refractivity contribution in [2.45, 2.75) is 32.5 Å². The van der Waals surface area contributed by atoms with Crippen molar-refractivity contribution in [2.24, 2.45) is 0 Å². The summed E-state index contributed by atoms with van der Waals surface area (Å²) in [5, 5.41) is 12.5. The highest BCUT2D eigenvalue weighted by Crippen LogP contribution is 2.48. The second-order valence-electron chi connectivity index (χ2n) is 6.41. The van der Waals surface area contributed by atoms with Gasteiger partial charge in [-0.15, -0.1) is 0 Å². The van der Waals surface area contributed by atoms with Gasteiger partial charge in [0.25, 0.3) is 0 Å². The van der Waals surface area contributed by atoms with Gasteiger partial charge in [0.1, 0.15) is 0 Å². The normalized spacial score (nSPS) is 15.0. The monoisotopic (exact) mass is 372 g/mol. The molecule has 136 valence electrons. The maximum Gasteiger partial charge on any atom is 0.336 e. The van der Waals surface area contributed by atoms with Crippen molar-refractivity contribution in [3.05, 3.63) is 59.7 Å². The summed E-state index contributed by atoms with van der Waals surface area (Å²) in [6.07, 6.45) is 0.0406. The SMILES string of the molecule is CCC(C)OP(=O)(O)Cc1cccc2cc3ccccc3c(C(=O)O)c12.